The van der Waals surface area contributed by atoms with Crippen molar-refractivity contribution in [3.8, 4) is 5.75 Å². The van der Waals surface area contributed by atoms with E-state index in [-0.39, 0.29) is 23.8 Å². The van der Waals surface area contributed by atoms with Crippen LogP contribution in [0.15, 0.2) is 71.5 Å². The van der Waals surface area contributed by atoms with E-state index >= 15 is 0 Å². The molecule has 2 heterocycles. The van der Waals surface area contributed by atoms with Gasteiger partial charge in [0, 0.05) is 62.5 Å². The summed E-state index contributed by atoms with van der Waals surface area (Å²) in [5, 5.41) is 6.77. The monoisotopic (exact) mass is 552 g/mol. The van der Waals surface area contributed by atoms with E-state index in [2.05, 4.69) is 26.1 Å². The number of carbonyl (C=O) groups is 2. The second-order valence-corrected chi connectivity index (χ2v) is 10.3. The molecule has 0 bridgehead atoms. The van der Waals surface area contributed by atoms with E-state index in [9.17, 15) is 9.59 Å². The summed E-state index contributed by atoms with van der Waals surface area (Å²) in [5.41, 5.74) is 2.20. The number of carbonyl (C=O) groups excluding carboxylic acids is 2. The van der Waals surface area contributed by atoms with E-state index in [0.717, 1.165) is 34.2 Å². The number of benzene rings is 2. The quantitative estimate of drug-likeness (QED) is 0.390. The predicted molar refractivity (Wildman–Crippen MR) is 142 cm³/mol. The zero-order valence-electron chi connectivity index (χ0n) is 20.6. The van der Waals surface area contributed by atoms with Gasteiger partial charge in [0.15, 0.2) is 0 Å². The van der Waals surface area contributed by atoms with Crippen LogP contribution in [0.25, 0.3) is 0 Å². The summed E-state index contributed by atoms with van der Waals surface area (Å²) in [4.78, 5) is 29.9. The van der Waals surface area contributed by atoms with E-state index in [0.29, 0.717) is 38.9 Å². The zero-order chi connectivity index (χ0) is 25.3. The van der Waals surface area contributed by atoms with Crippen LogP contribution in [0.3, 0.4) is 0 Å². The van der Waals surface area contributed by atoms with Crippen LogP contribution >= 0.6 is 15.9 Å². The van der Waals surface area contributed by atoms with Gasteiger partial charge in [0.1, 0.15) is 11.9 Å². The van der Waals surface area contributed by atoms with Crippen LogP contribution in [0.4, 0.5) is 0 Å². The Bertz CT molecular complexity index is 1120. The van der Waals surface area contributed by atoms with Crippen LogP contribution in [-0.2, 0) is 22.6 Å². The lowest BCUT2D eigenvalue weighted by molar-refractivity contribution is -0.139. The number of hydrogen-bond acceptors (Lipinski definition) is 4. The van der Waals surface area contributed by atoms with Gasteiger partial charge in [-0.2, -0.15) is 5.10 Å². The largest absolute Gasteiger partial charge is 0.490 e. The number of halogens is 1. The van der Waals surface area contributed by atoms with Gasteiger partial charge in [-0.1, -0.05) is 52.3 Å². The molecule has 1 aliphatic heterocycles. The highest BCUT2D eigenvalue weighted by Gasteiger charge is 2.35. The summed E-state index contributed by atoms with van der Waals surface area (Å²) >= 11 is 3.50. The zero-order valence-corrected chi connectivity index (χ0v) is 22.2. The highest BCUT2D eigenvalue weighted by Crippen LogP contribution is 2.28. The summed E-state index contributed by atoms with van der Waals surface area (Å²) in [5.74, 6) is 0.876. The minimum atomic E-state index is -0.136. The summed E-state index contributed by atoms with van der Waals surface area (Å²) in [6.07, 6.45) is 6.62. The number of piperidine rings is 1. The third kappa shape index (κ3) is 7.43. The molecule has 190 valence electrons. The van der Waals surface area contributed by atoms with E-state index in [1.54, 1.807) is 11.1 Å². The summed E-state index contributed by atoms with van der Waals surface area (Å²) in [7, 11) is 1.83. The Morgan fingerprint density at radius 1 is 1.17 bits per heavy atom. The van der Waals surface area contributed by atoms with Crippen molar-refractivity contribution in [1.29, 1.82) is 0 Å². The third-order valence-electron chi connectivity index (χ3n) is 6.64. The molecule has 1 N–H and O–H groups in total. The number of H-pyrrole nitrogens is 1. The predicted octanol–water partition coefficient (Wildman–Crippen LogP) is 4.84. The molecule has 1 saturated heterocycles. The summed E-state index contributed by atoms with van der Waals surface area (Å²) in [6.45, 7) is 1.71. The number of ether oxygens (including phenoxy) is 1. The highest BCUT2D eigenvalue weighted by atomic mass is 79.9. The van der Waals surface area contributed by atoms with E-state index in [1.807, 2.05) is 72.7 Å². The highest BCUT2D eigenvalue weighted by molar-refractivity contribution is 9.10. The third-order valence-corrected chi connectivity index (χ3v) is 7.13. The lowest BCUT2D eigenvalue weighted by Crippen LogP contribution is -2.49. The number of nitrogens with one attached hydrogen (secondary N) is 1. The maximum Gasteiger partial charge on any atom is 0.223 e. The Hall–Kier alpha value is -3.13. The van der Waals surface area contributed by atoms with E-state index < -0.39 is 0 Å². The van der Waals surface area contributed by atoms with Gasteiger partial charge in [0.25, 0.3) is 0 Å². The summed E-state index contributed by atoms with van der Waals surface area (Å²) in [6, 6.07) is 17.7. The average molecular weight is 554 g/mol. The van der Waals surface area contributed by atoms with E-state index in [1.165, 1.54) is 0 Å². The lowest BCUT2D eigenvalue weighted by atomic mass is 9.90. The first-order valence-electron chi connectivity index (χ1n) is 12.4. The van der Waals surface area contributed by atoms with Crippen LogP contribution in [0.1, 0.15) is 36.8 Å². The molecule has 8 heteroatoms. The molecule has 7 nitrogen and oxygen atoms in total. The molecule has 2 atom stereocenters. The van der Waals surface area contributed by atoms with Gasteiger partial charge in [-0.25, -0.2) is 0 Å². The fraction of sp³-hybridized carbons (Fsp3) is 0.393. The van der Waals surface area contributed by atoms with Crippen LogP contribution in [0, 0.1) is 5.92 Å². The minimum absolute atomic E-state index is 0.0564. The number of aromatic amines is 1. The van der Waals surface area contributed by atoms with Gasteiger partial charge in [-0.3, -0.25) is 14.7 Å². The van der Waals surface area contributed by atoms with Crippen molar-refractivity contribution in [2.24, 2.45) is 5.92 Å². The van der Waals surface area contributed by atoms with Crippen LogP contribution in [0.5, 0.6) is 5.75 Å². The molecular formula is C28H33BrN4O3. The average Bonchev–Trinajstić information content (AvgIpc) is 3.39. The standard InChI is InChI=1S/C28H33BrN4O3/c1-32(19-21-7-3-2-4-8-21)28(35)15-23-20-33(27(34)12-5-9-22-17-30-31-18-22)14-13-26(23)36-25-11-6-10-24(29)16-25/h2-4,6-8,10-11,16-18,23,26H,5,9,12-15,19-20H2,1H3,(H,30,31)/t23-,26-/m0/s1. The first kappa shape index (κ1) is 25.9. The Kier molecular flexibility index (Phi) is 9.17. The number of aromatic nitrogens is 2. The summed E-state index contributed by atoms with van der Waals surface area (Å²) < 4.78 is 7.30. The smallest absolute Gasteiger partial charge is 0.223 e. The van der Waals surface area contributed by atoms with Gasteiger partial charge >= 0.3 is 0 Å². The van der Waals surface area contributed by atoms with Crippen molar-refractivity contribution in [2.45, 2.75) is 44.8 Å². The second-order valence-electron chi connectivity index (χ2n) is 9.40. The van der Waals surface area contributed by atoms with Gasteiger partial charge in [-0.05, 0) is 42.2 Å². The van der Waals surface area contributed by atoms with Crippen LogP contribution in [-0.4, -0.2) is 58.1 Å². The molecule has 1 aliphatic rings. The first-order valence-corrected chi connectivity index (χ1v) is 13.2. The molecule has 0 aliphatic carbocycles. The first-order chi connectivity index (χ1) is 17.5. The number of rotatable bonds is 10. The number of aryl methyl sites for hydroxylation is 1. The van der Waals surface area contributed by atoms with Crippen molar-refractivity contribution < 1.29 is 14.3 Å². The molecule has 36 heavy (non-hydrogen) atoms. The lowest BCUT2D eigenvalue weighted by Gasteiger charge is -2.39. The number of nitrogens with zero attached hydrogens (tertiary/aromatic N) is 3. The molecule has 0 radical (unpaired) electrons. The maximum absolute atomic E-state index is 13.2. The second kappa shape index (κ2) is 12.7. The van der Waals surface area contributed by atoms with Crippen molar-refractivity contribution in [3.63, 3.8) is 0 Å². The van der Waals surface area contributed by atoms with Crippen molar-refractivity contribution >= 4 is 27.7 Å². The fourth-order valence-electron chi connectivity index (χ4n) is 4.65. The van der Waals surface area contributed by atoms with Gasteiger partial charge in [0.2, 0.25) is 11.8 Å². The number of amides is 2. The Morgan fingerprint density at radius 3 is 2.75 bits per heavy atom. The van der Waals surface area contributed by atoms with E-state index in [4.69, 9.17) is 4.74 Å². The number of likely N-dealkylation sites (tertiary alicyclic amines) is 1. The van der Waals surface area contributed by atoms with Gasteiger partial charge < -0.3 is 14.5 Å². The Morgan fingerprint density at radius 2 is 2.00 bits per heavy atom. The van der Waals surface area contributed by atoms with Crippen LogP contribution < -0.4 is 4.74 Å². The number of hydrogen-bond donors (Lipinski definition) is 1. The Labute approximate surface area is 221 Å². The molecular weight excluding hydrogens is 520 g/mol. The van der Waals surface area contributed by atoms with Gasteiger partial charge in [0.05, 0.1) is 6.20 Å². The van der Waals surface area contributed by atoms with Crippen molar-refractivity contribution in [1.82, 2.24) is 20.0 Å². The SMILES string of the molecule is CN(Cc1ccccc1)C(=O)C[C@H]1CN(C(=O)CCCc2cn[nH]c2)CC[C@@H]1Oc1cccc(Br)c1. The molecule has 1 fully saturated rings. The molecule has 0 unspecified atom stereocenters. The van der Waals surface area contributed by atoms with Crippen LogP contribution in [0.2, 0.25) is 0 Å². The minimum Gasteiger partial charge on any atom is -0.490 e. The molecule has 2 aromatic carbocycles. The molecule has 0 spiro atoms. The Balaban J connectivity index is 1.39. The normalized spacial score (nSPS) is 17.6. The van der Waals surface area contributed by atoms with Crippen molar-refractivity contribution in [2.75, 3.05) is 20.1 Å². The molecule has 1 aromatic heterocycles. The molecule has 4 rings (SSSR count). The topological polar surface area (TPSA) is 78.5 Å². The molecule has 0 saturated carbocycles. The van der Waals surface area contributed by atoms with Crippen molar-refractivity contribution in [3.05, 3.63) is 82.6 Å². The molecule has 3 aromatic rings. The molecule has 2 amide bonds. The maximum atomic E-state index is 13.2. The fourth-order valence-corrected chi connectivity index (χ4v) is 5.02. The van der Waals surface area contributed by atoms with Gasteiger partial charge in [-0.15, -0.1) is 0 Å².